The minimum atomic E-state index is -0.484. The number of thiocarbonyl (C=S) groups is 1. The van der Waals surface area contributed by atoms with Gasteiger partial charge in [-0.25, -0.2) is 0 Å². The number of furan rings is 1. The molecule has 10 heteroatoms. The first kappa shape index (κ1) is 17.4. The van der Waals surface area contributed by atoms with E-state index in [1.54, 1.807) is 11.2 Å². The second-order valence-corrected chi connectivity index (χ2v) is 6.86. The summed E-state index contributed by atoms with van der Waals surface area (Å²) >= 11 is 6.28. The molecule has 0 aliphatic carbocycles. The summed E-state index contributed by atoms with van der Waals surface area (Å²) in [7, 11) is 0. The molecule has 8 nitrogen and oxygen atoms in total. The van der Waals surface area contributed by atoms with Gasteiger partial charge >= 0.3 is 5.00 Å². The summed E-state index contributed by atoms with van der Waals surface area (Å²) in [4.78, 5) is 26.8. The smallest absolute Gasteiger partial charge is 0.324 e. The van der Waals surface area contributed by atoms with E-state index in [0.717, 1.165) is 17.1 Å². The minimum Gasteiger partial charge on any atom is -0.467 e. The Kier molecular flexibility index (Phi) is 5.29. The Morgan fingerprint density at radius 2 is 2.00 bits per heavy atom. The van der Waals surface area contributed by atoms with E-state index in [4.69, 9.17) is 16.6 Å². The molecule has 2 aromatic rings. The molecule has 0 spiro atoms. The van der Waals surface area contributed by atoms with Crippen molar-refractivity contribution in [3.05, 3.63) is 51.3 Å². The molecule has 1 amide bonds. The molecule has 0 atom stereocenters. The largest absolute Gasteiger partial charge is 0.467 e. The third-order valence-corrected chi connectivity index (χ3v) is 5.26. The Morgan fingerprint density at radius 3 is 2.60 bits per heavy atom. The summed E-state index contributed by atoms with van der Waals surface area (Å²) in [6.07, 6.45) is 1.61. The van der Waals surface area contributed by atoms with E-state index >= 15 is 0 Å². The van der Waals surface area contributed by atoms with E-state index < -0.39 is 4.92 Å². The van der Waals surface area contributed by atoms with Crippen LogP contribution in [0, 0.1) is 10.1 Å². The van der Waals surface area contributed by atoms with Gasteiger partial charge in [-0.05, 0) is 30.4 Å². The van der Waals surface area contributed by atoms with Gasteiger partial charge in [-0.15, -0.1) is 0 Å². The third-order valence-electron chi connectivity index (χ3n) is 3.83. The van der Waals surface area contributed by atoms with Crippen LogP contribution < -0.4 is 5.32 Å². The number of carbonyl (C=O) groups is 1. The monoisotopic (exact) mass is 380 g/mol. The molecular formula is C15H16N4O4S2. The standard InChI is InChI=1S/C15H16N4O4S2/c20-14(12-3-4-13(25-12)19(21)22)17-5-7-18(8-6-17)15(24)16-10-11-2-1-9-23-11/h1-4,9H,5-8,10H2,(H,16,24). The van der Waals surface area contributed by atoms with Crippen molar-refractivity contribution < 1.29 is 14.1 Å². The Hall–Kier alpha value is -2.46. The third kappa shape index (κ3) is 4.15. The molecule has 3 rings (SSSR count). The van der Waals surface area contributed by atoms with Gasteiger partial charge in [0, 0.05) is 32.2 Å². The van der Waals surface area contributed by atoms with E-state index in [1.807, 2.05) is 17.0 Å². The zero-order valence-corrected chi connectivity index (χ0v) is 14.8. The van der Waals surface area contributed by atoms with Gasteiger partial charge in [-0.1, -0.05) is 11.3 Å². The summed E-state index contributed by atoms with van der Waals surface area (Å²) in [6, 6.07) is 6.56. The van der Waals surface area contributed by atoms with Crippen LogP contribution in [0.4, 0.5) is 5.00 Å². The Labute approximate surface area is 153 Å². The van der Waals surface area contributed by atoms with Gasteiger partial charge < -0.3 is 19.5 Å². The summed E-state index contributed by atoms with van der Waals surface area (Å²) in [5, 5.41) is 14.5. The van der Waals surface area contributed by atoms with E-state index in [-0.39, 0.29) is 10.9 Å². The maximum absolute atomic E-state index is 12.4. The van der Waals surface area contributed by atoms with Crippen molar-refractivity contribution >= 4 is 39.6 Å². The number of carbonyl (C=O) groups excluding carboxylic acids is 1. The van der Waals surface area contributed by atoms with Gasteiger partial charge in [-0.3, -0.25) is 14.9 Å². The van der Waals surface area contributed by atoms with Crippen LogP contribution in [0.2, 0.25) is 0 Å². The van der Waals surface area contributed by atoms with Crippen LogP contribution in [-0.4, -0.2) is 51.9 Å². The van der Waals surface area contributed by atoms with Crippen LogP contribution in [0.3, 0.4) is 0 Å². The number of hydrogen-bond donors (Lipinski definition) is 1. The molecule has 132 valence electrons. The fourth-order valence-corrected chi connectivity index (χ4v) is 3.54. The SMILES string of the molecule is O=C(c1ccc([N+](=O)[O-])s1)N1CCN(C(=S)NCc2ccco2)CC1. The van der Waals surface area contributed by atoms with Crippen molar-refractivity contribution in [2.24, 2.45) is 0 Å². The van der Waals surface area contributed by atoms with E-state index in [0.29, 0.717) is 42.7 Å². The van der Waals surface area contributed by atoms with Gasteiger partial charge in [0.05, 0.1) is 22.6 Å². The average molecular weight is 380 g/mol. The summed E-state index contributed by atoms with van der Waals surface area (Å²) in [5.41, 5.74) is 0. The maximum atomic E-state index is 12.4. The van der Waals surface area contributed by atoms with E-state index in [9.17, 15) is 14.9 Å². The van der Waals surface area contributed by atoms with Gasteiger partial charge in [0.1, 0.15) is 5.76 Å². The Balaban J connectivity index is 1.49. The van der Waals surface area contributed by atoms with Gasteiger partial charge in [0.15, 0.2) is 5.11 Å². The second kappa shape index (κ2) is 7.62. The molecule has 0 radical (unpaired) electrons. The van der Waals surface area contributed by atoms with Crippen molar-refractivity contribution in [3.8, 4) is 0 Å². The molecule has 3 heterocycles. The molecule has 1 N–H and O–H groups in total. The van der Waals surface area contributed by atoms with Gasteiger partial charge in [0.2, 0.25) is 0 Å². The van der Waals surface area contributed by atoms with Crippen molar-refractivity contribution in [2.45, 2.75) is 6.54 Å². The first-order chi connectivity index (χ1) is 12.0. The summed E-state index contributed by atoms with van der Waals surface area (Å²) in [5.74, 6) is 0.627. The maximum Gasteiger partial charge on any atom is 0.324 e. The highest BCUT2D eigenvalue weighted by atomic mass is 32.1. The Bertz CT molecular complexity index is 766. The van der Waals surface area contributed by atoms with E-state index in [1.165, 1.54) is 12.1 Å². The zero-order chi connectivity index (χ0) is 17.8. The highest BCUT2D eigenvalue weighted by molar-refractivity contribution is 7.80. The minimum absolute atomic E-state index is 0.0229. The molecule has 0 bridgehead atoms. The Morgan fingerprint density at radius 1 is 1.28 bits per heavy atom. The van der Waals surface area contributed by atoms with Crippen molar-refractivity contribution in [2.75, 3.05) is 26.2 Å². The van der Waals surface area contributed by atoms with E-state index in [2.05, 4.69) is 5.32 Å². The predicted molar refractivity (Wildman–Crippen MR) is 96.6 cm³/mol. The fraction of sp³-hybridized carbons (Fsp3) is 0.333. The van der Waals surface area contributed by atoms with Crippen LogP contribution in [0.1, 0.15) is 15.4 Å². The van der Waals surface area contributed by atoms with Crippen molar-refractivity contribution in [1.82, 2.24) is 15.1 Å². The highest BCUT2D eigenvalue weighted by Gasteiger charge is 2.25. The second-order valence-electron chi connectivity index (χ2n) is 5.41. The number of thiophene rings is 1. The summed E-state index contributed by atoms with van der Waals surface area (Å²) < 4.78 is 5.25. The first-order valence-corrected chi connectivity index (χ1v) is 8.86. The van der Waals surface area contributed by atoms with Crippen molar-refractivity contribution in [1.29, 1.82) is 0 Å². The van der Waals surface area contributed by atoms with Crippen LogP contribution >= 0.6 is 23.6 Å². The lowest BCUT2D eigenvalue weighted by atomic mass is 10.3. The number of rotatable bonds is 4. The molecule has 25 heavy (non-hydrogen) atoms. The molecule has 0 saturated carbocycles. The molecule has 0 unspecified atom stereocenters. The number of nitrogens with zero attached hydrogens (tertiary/aromatic N) is 3. The number of amides is 1. The molecule has 1 aliphatic heterocycles. The van der Waals surface area contributed by atoms with Crippen LogP contribution in [0.15, 0.2) is 34.9 Å². The fourth-order valence-electron chi connectivity index (χ4n) is 2.50. The predicted octanol–water partition coefficient (Wildman–Crippen LogP) is 2.08. The lowest BCUT2D eigenvalue weighted by Crippen LogP contribution is -2.52. The quantitative estimate of drug-likeness (QED) is 0.493. The lowest BCUT2D eigenvalue weighted by molar-refractivity contribution is -0.380. The molecule has 2 aromatic heterocycles. The number of nitro groups is 1. The summed E-state index contributed by atoms with van der Waals surface area (Å²) in [6.45, 7) is 2.79. The highest BCUT2D eigenvalue weighted by Crippen LogP contribution is 2.25. The number of nitrogens with one attached hydrogen (secondary N) is 1. The molecule has 1 saturated heterocycles. The topological polar surface area (TPSA) is 91.9 Å². The van der Waals surface area contributed by atoms with Gasteiger partial charge in [0.25, 0.3) is 5.91 Å². The van der Waals surface area contributed by atoms with Crippen LogP contribution in [0.25, 0.3) is 0 Å². The molecule has 1 fully saturated rings. The normalized spacial score (nSPS) is 14.4. The lowest BCUT2D eigenvalue weighted by Gasteiger charge is -2.36. The van der Waals surface area contributed by atoms with Gasteiger partial charge in [-0.2, -0.15) is 0 Å². The van der Waals surface area contributed by atoms with Crippen LogP contribution in [-0.2, 0) is 6.54 Å². The molecule has 1 aliphatic rings. The molecule has 0 aromatic carbocycles. The number of piperazine rings is 1. The van der Waals surface area contributed by atoms with Crippen LogP contribution in [0.5, 0.6) is 0 Å². The number of hydrogen-bond acceptors (Lipinski definition) is 6. The first-order valence-electron chi connectivity index (χ1n) is 7.63. The molecular weight excluding hydrogens is 364 g/mol. The van der Waals surface area contributed by atoms with Crippen molar-refractivity contribution in [3.63, 3.8) is 0 Å². The average Bonchev–Trinajstić information content (AvgIpc) is 3.30. The zero-order valence-electron chi connectivity index (χ0n) is 13.2.